The number of ether oxygens (including phenoxy) is 3. The molecule has 1 aromatic carbocycles. The number of epoxide rings is 1. The predicted octanol–water partition coefficient (Wildman–Crippen LogP) is 4.52. The van der Waals surface area contributed by atoms with E-state index in [9.17, 15) is 20.1 Å². The van der Waals surface area contributed by atoms with Crippen molar-refractivity contribution < 1.29 is 34.3 Å². The lowest BCUT2D eigenvalue weighted by atomic mass is 9.40. The monoisotopic (exact) mass is 619 g/mol. The van der Waals surface area contributed by atoms with Crippen LogP contribution in [0.1, 0.15) is 108 Å². The summed E-state index contributed by atoms with van der Waals surface area (Å²) >= 11 is 0. The number of aliphatic hydroxyl groups is 3. The van der Waals surface area contributed by atoms with E-state index in [4.69, 9.17) is 14.2 Å². The average molecular weight is 620 g/mol. The molecule has 8 nitrogen and oxygen atoms in total. The van der Waals surface area contributed by atoms with E-state index in [0.29, 0.717) is 18.8 Å². The van der Waals surface area contributed by atoms with Gasteiger partial charge in [0.05, 0.1) is 28.8 Å². The summed E-state index contributed by atoms with van der Waals surface area (Å²) in [4.78, 5) is 18.0. The Hall–Kier alpha value is -1.81. The van der Waals surface area contributed by atoms with Gasteiger partial charge in [0.15, 0.2) is 11.4 Å². The maximum atomic E-state index is 14.2. The summed E-state index contributed by atoms with van der Waals surface area (Å²) in [6.45, 7) is 16.3. The minimum absolute atomic E-state index is 0.106. The van der Waals surface area contributed by atoms with Crippen molar-refractivity contribution in [3.63, 3.8) is 0 Å². The highest BCUT2D eigenvalue weighted by atomic mass is 16.7. The highest BCUT2D eigenvalue weighted by Gasteiger charge is 2.86. The summed E-state index contributed by atoms with van der Waals surface area (Å²) in [5.74, 6) is 0.467. The SMILES string of the molecule is CC(C)(O)[C@H]1OC2CC[C@@]3(C)[C@@](O)(CCC4Cc5c([nH]c6ccc7c(c56)C[C@@H]5[C@@H](C7=O)C(C)(C)OC5(C)C)[C@@]43C)[C@]23O[C@H]3C1O. The summed E-state index contributed by atoms with van der Waals surface area (Å²) in [6.07, 6.45) is 1.78. The topological polar surface area (TPSA) is 125 Å². The van der Waals surface area contributed by atoms with Crippen LogP contribution in [-0.4, -0.2) is 78.5 Å². The van der Waals surface area contributed by atoms with E-state index in [1.54, 1.807) is 13.8 Å². The lowest BCUT2D eigenvalue weighted by Crippen LogP contribution is -2.76. The van der Waals surface area contributed by atoms with Gasteiger partial charge in [-0.05, 0) is 109 Å². The highest BCUT2D eigenvalue weighted by Crippen LogP contribution is 2.75. The molecule has 1 spiro atoms. The van der Waals surface area contributed by atoms with E-state index in [1.165, 1.54) is 16.6 Å². The molecular formula is C37H49NO7. The number of hydrogen-bond donors (Lipinski definition) is 4. The quantitative estimate of drug-likeness (QED) is 0.346. The second-order valence-electron chi connectivity index (χ2n) is 17.8. The highest BCUT2D eigenvalue weighted by molar-refractivity contribution is 6.06. The molecule has 2 saturated carbocycles. The van der Waals surface area contributed by atoms with Crippen molar-refractivity contribution >= 4 is 16.7 Å². The number of nitrogens with one attached hydrogen (secondary N) is 1. The molecule has 0 bridgehead atoms. The summed E-state index contributed by atoms with van der Waals surface area (Å²) in [5.41, 5.74) is 0.255. The Morgan fingerprint density at radius 3 is 2.42 bits per heavy atom. The molecule has 7 aliphatic rings. The molecule has 244 valence electrons. The molecule has 4 heterocycles. The molecule has 3 unspecified atom stereocenters. The Morgan fingerprint density at radius 2 is 1.71 bits per heavy atom. The van der Waals surface area contributed by atoms with Gasteiger partial charge >= 0.3 is 0 Å². The number of aromatic nitrogens is 1. The van der Waals surface area contributed by atoms with Crippen LogP contribution >= 0.6 is 0 Å². The molecule has 11 atom stereocenters. The van der Waals surface area contributed by atoms with Crippen LogP contribution in [0.15, 0.2) is 12.1 Å². The number of Topliss-reactive ketones (excluding diaryl/α,β-unsaturated/α-hetero) is 1. The number of hydrogen-bond acceptors (Lipinski definition) is 7. The van der Waals surface area contributed by atoms with Crippen molar-refractivity contribution in [1.29, 1.82) is 0 Å². The van der Waals surface area contributed by atoms with Gasteiger partial charge in [-0.1, -0.05) is 13.8 Å². The van der Waals surface area contributed by atoms with Gasteiger partial charge in [-0.15, -0.1) is 0 Å². The fraction of sp³-hybridized carbons (Fsp3) is 0.757. The number of carbonyl (C=O) groups excluding carboxylic acids is 1. The third-order valence-electron chi connectivity index (χ3n) is 14.8. The molecule has 45 heavy (non-hydrogen) atoms. The smallest absolute Gasteiger partial charge is 0.169 e. The van der Waals surface area contributed by atoms with Crippen molar-refractivity contribution in [2.24, 2.45) is 23.2 Å². The Bertz CT molecular complexity index is 1690. The third kappa shape index (κ3) is 3.06. The van der Waals surface area contributed by atoms with E-state index in [2.05, 4.69) is 52.6 Å². The van der Waals surface area contributed by atoms with Crippen molar-refractivity contribution in [2.45, 2.75) is 152 Å². The Labute approximate surface area is 265 Å². The van der Waals surface area contributed by atoms with E-state index in [-0.39, 0.29) is 23.0 Å². The molecular weight excluding hydrogens is 570 g/mol. The second kappa shape index (κ2) is 8.07. The maximum Gasteiger partial charge on any atom is 0.169 e. The molecule has 0 radical (unpaired) electrons. The van der Waals surface area contributed by atoms with Crippen LogP contribution in [0.2, 0.25) is 0 Å². The van der Waals surface area contributed by atoms with Gasteiger partial charge < -0.3 is 34.5 Å². The van der Waals surface area contributed by atoms with E-state index < -0.39 is 57.8 Å². The number of benzene rings is 1. The summed E-state index contributed by atoms with van der Waals surface area (Å²) in [6, 6.07) is 4.11. The van der Waals surface area contributed by atoms with Crippen LogP contribution in [-0.2, 0) is 32.5 Å². The molecule has 4 N–H and O–H groups in total. The lowest BCUT2D eigenvalue weighted by molar-refractivity contribution is -0.280. The van der Waals surface area contributed by atoms with Crippen LogP contribution in [0.3, 0.4) is 0 Å². The number of rotatable bonds is 1. The zero-order valence-electron chi connectivity index (χ0n) is 27.9. The fourth-order valence-corrected chi connectivity index (χ4v) is 12.6. The second-order valence-corrected chi connectivity index (χ2v) is 17.8. The molecule has 8 heteroatoms. The molecule has 9 rings (SSSR count). The molecule has 5 fully saturated rings. The van der Waals surface area contributed by atoms with Crippen LogP contribution in [0.4, 0.5) is 0 Å². The summed E-state index contributed by atoms with van der Waals surface area (Å²) < 4.78 is 19.4. The van der Waals surface area contributed by atoms with Crippen molar-refractivity contribution in [1.82, 2.24) is 4.98 Å². The molecule has 1 aromatic heterocycles. The Morgan fingerprint density at radius 1 is 0.978 bits per heavy atom. The Kier molecular flexibility index (Phi) is 5.26. The minimum atomic E-state index is -1.23. The van der Waals surface area contributed by atoms with Crippen molar-refractivity contribution in [3.8, 4) is 0 Å². The van der Waals surface area contributed by atoms with Crippen LogP contribution in [0.25, 0.3) is 10.9 Å². The number of fused-ring (bicyclic) bond motifs is 10. The van der Waals surface area contributed by atoms with Crippen LogP contribution in [0.5, 0.6) is 0 Å². The van der Waals surface area contributed by atoms with Crippen molar-refractivity contribution in [2.75, 3.05) is 0 Å². The first-order valence-electron chi connectivity index (χ1n) is 17.2. The van der Waals surface area contributed by atoms with Crippen molar-refractivity contribution in [3.05, 3.63) is 34.5 Å². The standard InChI is InChI=1S/C37H49NO7/c1-31(2,41)29-27(40)30-37(44-30)23(43-29)12-13-34(7)35(8)17(11-14-36(34,37)42)15-20-24-19-16-21-25(33(5,6)45-32(21,3)4)26(39)18(19)9-10-22(24)38-28(20)35/h9-10,17,21,23,25,27,29-30,38,40-42H,11-16H2,1-8H3/t17?,21-,23?,25+,27?,29+,30+,34-,35-,36+,37+/m1/s1. The van der Waals surface area contributed by atoms with E-state index in [0.717, 1.165) is 42.3 Å². The van der Waals surface area contributed by atoms with Gasteiger partial charge in [0, 0.05) is 38.9 Å². The van der Waals surface area contributed by atoms with Gasteiger partial charge in [-0.3, -0.25) is 4.79 Å². The first kappa shape index (κ1) is 29.3. The summed E-state index contributed by atoms with van der Waals surface area (Å²) in [7, 11) is 0. The van der Waals surface area contributed by atoms with Gasteiger partial charge in [-0.25, -0.2) is 0 Å². The Balaban J connectivity index is 1.17. The van der Waals surface area contributed by atoms with E-state index >= 15 is 0 Å². The zero-order valence-corrected chi connectivity index (χ0v) is 27.9. The van der Waals surface area contributed by atoms with Gasteiger partial charge in [0.1, 0.15) is 23.9 Å². The average Bonchev–Trinajstić information content (AvgIpc) is 3.44. The first-order chi connectivity index (χ1) is 20.8. The third-order valence-corrected chi connectivity index (χ3v) is 14.8. The van der Waals surface area contributed by atoms with Crippen LogP contribution in [0, 0.1) is 23.2 Å². The van der Waals surface area contributed by atoms with Gasteiger partial charge in [0.2, 0.25) is 0 Å². The zero-order chi connectivity index (χ0) is 32.1. The maximum absolute atomic E-state index is 14.2. The van der Waals surface area contributed by atoms with Crippen LogP contribution < -0.4 is 0 Å². The first-order valence-corrected chi connectivity index (χ1v) is 17.2. The lowest BCUT2D eigenvalue weighted by Gasteiger charge is -2.66. The summed E-state index contributed by atoms with van der Waals surface area (Å²) in [5, 5.41) is 36.4. The minimum Gasteiger partial charge on any atom is -0.388 e. The molecule has 4 aliphatic carbocycles. The number of ketones is 1. The normalized spacial score (nSPS) is 48.5. The predicted molar refractivity (Wildman–Crippen MR) is 167 cm³/mol. The largest absolute Gasteiger partial charge is 0.388 e. The fourth-order valence-electron chi connectivity index (χ4n) is 12.6. The molecule has 3 aliphatic heterocycles. The van der Waals surface area contributed by atoms with E-state index in [1.807, 2.05) is 6.07 Å². The molecule has 0 amide bonds. The number of aromatic amines is 1. The number of carbonyl (C=O) groups is 1. The number of aliphatic hydroxyl groups excluding tert-OH is 1. The van der Waals surface area contributed by atoms with Gasteiger partial charge in [0.25, 0.3) is 0 Å². The number of H-pyrrole nitrogens is 1. The molecule has 3 saturated heterocycles. The molecule has 2 aromatic rings. The van der Waals surface area contributed by atoms with Gasteiger partial charge in [-0.2, -0.15) is 0 Å².